The van der Waals surface area contributed by atoms with E-state index in [1.165, 1.54) is 38.5 Å². The number of nitrogens with one attached hydrogen (secondary N) is 1. The zero-order valence-corrected chi connectivity index (χ0v) is 11.6. The normalized spacial score (nSPS) is 17.0. The Labute approximate surface area is 109 Å². The van der Waals surface area contributed by atoms with Crippen molar-refractivity contribution in [3.63, 3.8) is 0 Å². The summed E-state index contributed by atoms with van der Waals surface area (Å²) in [5.41, 5.74) is 0. The van der Waals surface area contributed by atoms with E-state index in [1.54, 1.807) is 0 Å². The zero-order chi connectivity index (χ0) is 12.8. The molecule has 1 aliphatic carbocycles. The number of hydrogen-bond donors (Lipinski definition) is 1. The molecular weight excluding hydrogens is 226 g/mol. The Morgan fingerprint density at radius 2 is 2.22 bits per heavy atom. The van der Waals surface area contributed by atoms with Gasteiger partial charge in [-0.25, -0.2) is 4.68 Å². The number of rotatable bonds is 9. The molecule has 102 valence electrons. The van der Waals surface area contributed by atoms with E-state index in [0.717, 1.165) is 18.9 Å². The maximum absolute atomic E-state index is 4.13. The highest BCUT2D eigenvalue weighted by molar-refractivity contribution is 4.87. The SMILES string of the molecule is CCCCC(CC)Cn1nnnc1CNC1CC1. The van der Waals surface area contributed by atoms with Gasteiger partial charge in [-0.15, -0.1) is 5.10 Å². The smallest absolute Gasteiger partial charge is 0.165 e. The molecule has 0 amide bonds. The molecule has 1 aliphatic rings. The largest absolute Gasteiger partial charge is 0.307 e. The van der Waals surface area contributed by atoms with Crippen LogP contribution in [0.1, 0.15) is 58.2 Å². The lowest BCUT2D eigenvalue weighted by atomic mass is 9.99. The van der Waals surface area contributed by atoms with Crippen LogP contribution in [0.2, 0.25) is 0 Å². The highest BCUT2D eigenvalue weighted by Crippen LogP contribution is 2.19. The Hall–Kier alpha value is -0.970. The summed E-state index contributed by atoms with van der Waals surface area (Å²) in [6.07, 6.45) is 7.65. The summed E-state index contributed by atoms with van der Waals surface area (Å²) in [7, 11) is 0. The minimum atomic E-state index is 0.702. The van der Waals surface area contributed by atoms with E-state index in [4.69, 9.17) is 0 Å². The first-order chi connectivity index (χ1) is 8.83. The molecule has 0 radical (unpaired) electrons. The van der Waals surface area contributed by atoms with Gasteiger partial charge in [-0.3, -0.25) is 0 Å². The Morgan fingerprint density at radius 3 is 2.89 bits per heavy atom. The fourth-order valence-electron chi connectivity index (χ4n) is 2.18. The van der Waals surface area contributed by atoms with E-state index in [9.17, 15) is 0 Å². The highest BCUT2D eigenvalue weighted by atomic mass is 15.5. The molecule has 1 atom stereocenters. The molecule has 18 heavy (non-hydrogen) atoms. The van der Waals surface area contributed by atoms with Gasteiger partial charge in [-0.2, -0.15) is 0 Å². The molecule has 5 nitrogen and oxygen atoms in total. The van der Waals surface area contributed by atoms with Crippen LogP contribution in [0.25, 0.3) is 0 Å². The van der Waals surface area contributed by atoms with Gasteiger partial charge in [0.1, 0.15) is 0 Å². The number of nitrogens with zero attached hydrogens (tertiary/aromatic N) is 4. The lowest BCUT2D eigenvalue weighted by Crippen LogP contribution is -2.21. The fourth-order valence-corrected chi connectivity index (χ4v) is 2.18. The molecule has 0 aromatic carbocycles. The lowest BCUT2D eigenvalue weighted by Gasteiger charge is -2.15. The summed E-state index contributed by atoms with van der Waals surface area (Å²) in [5.74, 6) is 1.69. The number of hydrogen-bond acceptors (Lipinski definition) is 4. The molecule has 5 heteroatoms. The first kappa shape index (κ1) is 13.5. The van der Waals surface area contributed by atoms with Crippen molar-refractivity contribution in [3.05, 3.63) is 5.82 Å². The van der Waals surface area contributed by atoms with Gasteiger partial charge in [0.05, 0.1) is 6.54 Å². The van der Waals surface area contributed by atoms with Crippen LogP contribution in [0.3, 0.4) is 0 Å². The van der Waals surface area contributed by atoms with Crippen LogP contribution in [-0.2, 0) is 13.1 Å². The van der Waals surface area contributed by atoms with Crippen molar-refractivity contribution >= 4 is 0 Å². The summed E-state index contributed by atoms with van der Waals surface area (Å²) in [4.78, 5) is 0. The molecule has 0 spiro atoms. The van der Waals surface area contributed by atoms with Crippen molar-refractivity contribution < 1.29 is 0 Å². The second kappa shape index (κ2) is 6.83. The monoisotopic (exact) mass is 251 g/mol. The first-order valence-electron chi connectivity index (χ1n) is 7.31. The predicted molar refractivity (Wildman–Crippen MR) is 71.0 cm³/mol. The summed E-state index contributed by atoms with van der Waals surface area (Å²) >= 11 is 0. The Bertz CT molecular complexity index is 345. The van der Waals surface area contributed by atoms with Gasteiger partial charge in [0.25, 0.3) is 0 Å². The van der Waals surface area contributed by atoms with E-state index >= 15 is 0 Å². The standard InChI is InChI=1S/C13H25N5/c1-3-5-6-11(4-2)10-18-13(15-16-17-18)9-14-12-7-8-12/h11-12,14H,3-10H2,1-2H3. The lowest BCUT2D eigenvalue weighted by molar-refractivity contribution is 0.359. The number of tetrazole rings is 1. The van der Waals surface area contributed by atoms with Crippen LogP contribution in [0.15, 0.2) is 0 Å². The molecule has 1 fully saturated rings. The summed E-state index contributed by atoms with van der Waals surface area (Å²) in [5, 5.41) is 15.5. The van der Waals surface area contributed by atoms with E-state index in [1.807, 2.05) is 4.68 Å². The van der Waals surface area contributed by atoms with Gasteiger partial charge in [0.15, 0.2) is 5.82 Å². The average Bonchev–Trinajstić information content (AvgIpc) is 3.12. The van der Waals surface area contributed by atoms with Gasteiger partial charge in [0.2, 0.25) is 0 Å². The van der Waals surface area contributed by atoms with Crippen LogP contribution >= 0.6 is 0 Å². The van der Waals surface area contributed by atoms with Crippen molar-refractivity contribution in [2.75, 3.05) is 0 Å². The van der Waals surface area contributed by atoms with Crippen LogP contribution in [-0.4, -0.2) is 26.2 Å². The molecule has 1 heterocycles. The van der Waals surface area contributed by atoms with Crippen LogP contribution in [0.5, 0.6) is 0 Å². The van der Waals surface area contributed by atoms with Gasteiger partial charge in [-0.1, -0.05) is 33.1 Å². The second-order valence-corrected chi connectivity index (χ2v) is 5.35. The highest BCUT2D eigenvalue weighted by Gasteiger charge is 2.21. The third-order valence-corrected chi connectivity index (χ3v) is 3.71. The molecule has 1 saturated carbocycles. The number of aromatic nitrogens is 4. The first-order valence-corrected chi connectivity index (χ1v) is 7.31. The van der Waals surface area contributed by atoms with Gasteiger partial charge in [0, 0.05) is 12.6 Å². The molecule has 0 aliphatic heterocycles. The quantitative estimate of drug-likeness (QED) is 0.730. The zero-order valence-electron chi connectivity index (χ0n) is 11.6. The van der Waals surface area contributed by atoms with Gasteiger partial charge >= 0.3 is 0 Å². The Kier molecular flexibility index (Phi) is 5.11. The van der Waals surface area contributed by atoms with Crippen molar-refractivity contribution in [2.45, 2.75) is 71.5 Å². The fraction of sp³-hybridized carbons (Fsp3) is 0.923. The maximum Gasteiger partial charge on any atom is 0.165 e. The van der Waals surface area contributed by atoms with Gasteiger partial charge < -0.3 is 5.32 Å². The van der Waals surface area contributed by atoms with Gasteiger partial charge in [-0.05, 0) is 35.6 Å². The topological polar surface area (TPSA) is 55.6 Å². The van der Waals surface area contributed by atoms with Crippen LogP contribution < -0.4 is 5.32 Å². The minimum Gasteiger partial charge on any atom is -0.307 e. The molecule has 2 rings (SSSR count). The third-order valence-electron chi connectivity index (χ3n) is 3.71. The predicted octanol–water partition coefficient (Wildman–Crippen LogP) is 2.14. The molecule has 0 saturated heterocycles. The maximum atomic E-state index is 4.13. The molecule has 1 unspecified atom stereocenters. The average molecular weight is 251 g/mol. The second-order valence-electron chi connectivity index (χ2n) is 5.35. The van der Waals surface area contributed by atoms with E-state index in [0.29, 0.717) is 12.0 Å². The van der Waals surface area contributed by atoms with E-state index < -0.39 is 0 Å². The third kappa shape index (κ3) is 4.05. The van der Waals surface area contributed by atoms with Crippen LogP contribution in [0.4, 0.5) is 0 Å². The van der Waals surface area contributed by atoms with Crippen molar-refractivity contribution in [1.82, 2.24) is 25.5 Å². The molecule has 1 aromatic rings. The Morgan fingerprint density at radius 1 is 1.39 bits per heavy atom. The molecule has 1 aromatic heterocycles. The summed E-state index contributed by atoms with van der Waals surface area (Å²) in [6, 6.07) is 0.706. The van der Waals surface area contributed by atoms with Crippen molar-refractivity contribution in [1.29, 1.82) is 0 Å². The summed E-state index contributed by atoms with van der Waals surface area (Å²) < 4.78 is 1.99. The van der Waals surface area contributed by atoms with E-state index in [-0.39, 0.29) is 0 Å². The molecule has 0 bridgehead atoms. The molecular formula is C13H25N5. The molecule has 1 N–H and O–H groups in total. The number of unbranched alkanes of at least 4 members (excludes halogenated alkanes) is 1. The Balaban J connectivity index is 1.84. The summed E-state index contributed by atoms with van der Waals surface area (Å²) in [6.45, 7) is 6.27. The van der Waals surface area contributed by atoms with Crippen molar-refractivity contribution in [3.8, 4) is 0 Å². The van der Waals surface area contributed by atoms with Crippen LogP contribution in [0, 0.1) is 5.92 Å². The van der Waals surface area contributed by atoms with E-state index in [2.05, 4.69) is 34.7 Å². The van der Waals surface area contributed by atoms with Crippen molar-refractivity contribution in [2.24, 2.45) is 5.92 Å². The minimum absolute atomic E-state index is 0.702.